The number of hydrogen-bond donors (Lipinski definition) is 3. The number of nitriles is 1. The fourth-order valence-corrected chi connectivity index (χ4v) is 4.58. The molecule has 2 amide bonds. The van der Waals surface area contributed by atoms with Crippen LogP contribution < -0.4 is 10.6 Å². The molecule has 1 fully saturated rings. The van der Waals surface area contributed by atoms with Gasteiger partial charge in [-0.15, -0.1) is 0 Å². The van der Waals surface area contributed by atoms with Crippen molar-refractivity contribution in [3.63, 3.8) is 0 Å². The van der Waals surface area contributed by atoms with Gasteiger partial charge in [0.25, 0.3) is 5.91 Å². The van der Waals surface area contributed by atoms with Crippen molar-refractivity contribution in [2.45, 2.75) is 39.0 Å². The van der Waals surface area contributed by atoms with Crippen LogP contribution in [0.1, 0.15) is 65.3 Å². The molecule has 0 aliphatic heterocycles. The second-order valence-electron chi connectivity index (χ2n) is 9.21. The van der Waals surface area contributed by atoms with E-state index in [1.54, 1.807) is 42.5 Å². The van der Waals surface area contributed by atoms with Crippen molar-refractivity contribution in [1.29, 1.82) is 5.26 Å². The van der Waals surface area contributed by atoms with Gasteiger partial charge in [-0.25, -0.2) is 0 Å². The number of anilines is 2. The molecule has 4 rings (SSSR count). The van der Waals surface area contributed by atoms with E-state index in [2.05, 4.69) is 15.6 Å². The van der Waals surface area contributed by atoms with Crippen LogP contribution in [0, 0.1) is 16.7 Å². The second-order valence-corrected chi connectivity index (χ2v) is 9.21. The van der Waals surface area contributed by atoms with E-state index >= 15 is 0 Å². The van der Waals surface area contributed by atoms with Crippen LogP contribution in [-0.4, -0.2) is 36.3 Å². The number of carbonyl (C=O) groups is 3. The molecule has 1 aliphatic carbocycles. The number of aromatic nitrogens is 1. The van der Waals surface area contributed by atoms with Crippen LogP contribution in [0.5, 0.6) is 0 Å². The number of aromatic amines is 1. The number of amides is 2. The SMILES string of the molecule is COCC(=O)c1c(NC(=O)c2ccc(C#N)cc2)[nH]c2cc(NC(=O)C3(C)CCCCC3)ccc12. The smallest absolute Gasteiger partial charge is 0.256 e. The first-order valence-corrected chi connectivity index (χ1v) is 11.7. The lowest BCUT2D eigenvalue weighted by atomic mass is 9.75. The molecule has 0 bridgehead atoms. The normalized spacial score (nSPS) is 14.8. The van der Waals surface area contributed by atoms with Gasteiger partial charge in [0, 0.05) is 34.7 Å². The first-order chi connectivity index (χ1) is 16.8. The highest BCUT2D eigenvalue weighted by molar-refractivity contribution is 6.17. The number of rotatable bonds is 7. The lowest BCUT2D eigenvalue weighted by Gasteiger charge is -2.32. The molecule has 1 aliphatic rings. The van der Waals surface area contributed by atoms with Crippen LogP contribution in [0.15, 0.2) is 42.5 Å². The van der Waals surface area contributed by atoms with E-state index in [0.29, 0.717) is 33.3 Å². The van der Waals surface area contributed by atoms with Crippen LogP contribution in [-0.2, 0) is 9.53 Å². The van der Waals surface area contributed by atoms with Gasteiger partial charge in [0.15, 0.2) is 5.78 Å². The highest BCUT2D eigenvalue weighted by Crippen LogP contribution is 2.37. The van der Waals surface area contributed by atoms with Crippen molar-refractivity contribution in [2.75, 3.05) is 24.4 Å². The van der Waals surface area contributed by atoms with Gasteiger partial charge in [0.05, 0.1) is 17.2 Å². The average molecular weight is 473 g/mol. The Balaban J connectivity index is 1.63. The molecule has 0 radical (unpaired) electrons. The lowest BCUT2D eigenvalue weighted by molar-refractivity contribution is -0.126. The van der Waals surface area contributed by atoms with Gasteiger partial charge < -0.3 is 20.4 Å². The largest absolute Gasteiger partial charge is 0.377 e. The Labute approximate surface area is 203 Å². The predicted molar refractivity (Wildman–Crippen MR) is 133 cm³/mol. The van der Waals surface area contributed by atoms with Crippen molar-refractivity contribution in [3.8, 4) is 6.07 Å². The Morgan fingerprint density at radius 3 is 2.43 bits per heavy atom. The van der Waals surface area contributed by atoms with Gasteiger partial charge in [-0.1, -0.05) is 26.2 Å². The van der Waals surface area contributed by atoms with Crippen LogP contribution in [0.2, 0.25) is 0 Å². The summed E-state index contributed by atoms with van der Waals surface area (Å²) < 4.78 is 5.04. The topological polar surface area (TPSA) is 124 Å². The maximum Gasteiger partial charge on any atom is 0.256 e. The molecular formula is C27H28N4O4. The van der Waals surface area contributed by atoms with Gasteiger partial charge in [0.2, 0.25) is 5.91 Å². The maximum absolute atomic E-state index is 13.0. The monoisotopic (exact) mass is 472 g/mol. The van der Waals surface area contributed by atoms with Gasteiger partial charge in [-0.3, -0.25) is 14.4 Å². The standard InChI is InChI=1S/C27H28N4O4/c1-27(12-4-3-5-13-27)26(34)29-19-10-11-20-21(14-19)30-24(23(20)22(32)16-35-2)31-25(33)18-8-6-17(15-28)7-9-18/h6-11,14,30H,3-5,12-13,16H2,1-2H3,(H,29,34)(H,31,33). The molecule has 2 aromatic carbocycles. The third-order valence-electron chi connectivity index (χ3n) is 6.63. The molecule has 3 N–H and O–H groups in total. The quantitative estimate of drug-likeness (QED) is 0.416. The molecule has 0 saturated heterocycles. The summed E-state index contributed by atoms with van der Waals surface area (Å²) >= 11 is 0. The molecule has 35 heavy (non-hydrogen) atoms. The van der Waals surface area contributed by atoms with E-state index in [1.165, 1.54) is 7.11 Å². The number of hydrogen-bond acceptors (Lipinski definition) is 5. The molecule has 1 heterocycles. The Morgan fingerprint density at radius 2 is 1.77 bits per heavy atom. The molecule has 8 nitrogen and oxygen atoms in total. The fraction of sp³-hybridized carbons (Fsp3) is 0.333. The minimum atomic E-state index is -0.425. The third kappa shape index (κ3) is 5.10. The minimum Gasteiger partial charge on any atom is -0.377 e. The van der Waals surface area contributed by atoms with E-state index in [4.69, 9.17) is 10.00 Å². The number of nitrogens with one attached hydrogen (secondary N) is 3. The molecule has 1 aromatic heterocycles. The summed E-state index contributed by atoms with van der Waals surface area (Å²) in [6.45, 7) is 1.86. The summed E-state index contributed by atoms with van der Waals surface area (Å²) in [5.74, 6) is -0.473. The molecule has 1 saturated carbocycles. The Bertz CT molecular complexity index is 1310. The predicted octanol–water partition coefficient (Wildman–Crippen LogP) is 5.03. The lowest BCUT2D eigenvalue weighted by Crippen LogP contribution is -2.35. The molecule has 180 valence electrons. The van der Waals surface area contributed by atoms with Crippen LogP contribution in [0.3, 0.4) is 0 Å². The second kappa shape index (κ2) is 10.1. The van der Waals surface area contributed by atoms with E-state index in [1.807, 2.05) is 13.0 Å². The van der Waals surface area contributed by atoms with Crippen molar-refractivity contribution < 1.29 is 19.1 Å². The van der Waals surface area contributed by atoms with E-state index in [9.17, 15) is 14.4 Å². The summed E-state index contributed by atoms with van der Waals surface area (Å²) in [5.41, 5.74) is 1.93. The number of ketones is 1. The molecular weight excluding hydrogens is 444 g/mol. The number of ether oxygens (including phenoxy) is 1. The summed E-state index contributed by atoms with van der Waals surface area (Å²) in [6.07, 6.45) is 4.99. The third-order valence-corrected chi connectivity index (χ3v) is 6.63. The first-order valence-electron chi connectivity index (χ1n) is 11.7. The number of H-pyrrole nitrogens is 1. The Kier molecular flexibility index (Phi) is 6.99. The van der Waals surface area contributed by atoms with Crippen LogP contribution >= 0.6 is 0 Å². The fourth-order valence-electron chi connectivity index (χ4n) is 4.58. The molecule has 0 atom stereocenters. The summed E-state index contributed by atoms with van der Waals surface area (Å²) in [4.78, 5) is 41.8. The Hall–Kier alpha value is -3.96. The zero-order valence-electron chi connectivity index (χ0n) is 19.9. The zero-order chi connectivity index (χ0) is 25.0. The van der Waals surface area contributed by atoms with Gasteiger partial charge >= 0.3 is 0 Å². The van der Waals surface area contributed by atoms with Crippen molar-refractivity contribution in [2.24, 2.45) is 5.41 Å². The van der Waals surface area contributed by atoms with Crippen molar-refractivity contribution in [1.82, 2.24) is 4.98 Å². The van der Waals surface area contributed by atoms with Gasteiger partial charge in [-0.05, 0) is 55.3 Å². The number of nitrogens with zero attached hydrogens (tertiary/aromatic N) is 1. The number of methoxy groups -OCH3 is 1. The summed E-state index contributed by atoms with van der Waals surface area (Å²) in [6, 6.07) is 13.5. The number of fused-ring (bicyclic) bond motifs is 1. The first kappa shape index (κ1) is 24.2. The van der Waals surface area contributed by atoms with Crippen molar-refractivity contribution in [3.05, 3.63) is 59.2 Å². The Morgan fingerprint density at radius 1 is 1.06 bits per heavy atom. The van der Waals surface area contributed by atoms with E-state index in [-0.39, 0.29) is 29.5 Å². The van der Waals surface area contributed by atoms with E-state index in [0.717, 1.165) is 32.1 Å². The number of benzene rings is 2. The molecule has 0 unspecified atom stereocenters. The number of Topliss-reactive ketones (excluding diaryl/α,β-unsaturated/α-hetero) is 1. The van der Waals surface area contributed by atoms with Crippen LogP contribution in [0.4, 0.5) is 11.5 Å². The van der Waals surface area contributed by atoms with Crippen LogP contribution in [0.25, 0.3) is 10.9 Å². The summed E-state index contributed by atoms with van der Waals surface area (Å²) in [7, 11) is 1.43. The number of carbonyl (C=O) groups excluding carboxylic acids is 3. The highest BCUT2D eigenvalue weighted by Gasteiger charge is 2.34. The maximum atomic E-state index is 13.0. The van der Waals surface area contributed by atoms with Gasteiger partial charge in [0.1, 0.15) is 12.4 Å². The van der Waals surface area contributed by atoms with Gasteiger partial charge in [-0.2, -0.15) is 5.26 Å². The van der Waals surface area contributed by atoms with Crippen molar-refractivity contribution >= 4 is 40.0 Å². The molecule has 0 spiro atoms. The molecule has 8 heteroatoms. The minimum absolute atomic E-state index is 0.00636. The van der Waals surface area contributed by atoms with E-state index < -0.39 is 5.91 Å². The summed E-state index contributed by atoms with van der Waals surface area (Å²) in [5, 5.41) is 15.4. The zero-order valence-corrected chi connectivity index (χ0v) is 19.9. The highest BCUT2D eigenvalue weighted by atomic mass is 16.5. The molecule has 3 aromatic rings. The average Bonchev–Trinajstić information content (AvgIpc) is 3.21.